The van der Waals surface area contributed by atoms with E-state index in [0.717, 1.165) is 5.69 Å². The molecule has 0 aliphatic carbocycles. The third-order valence-electron chi connectivity index (χ3n) is 2.85. The first-order valence-corrected chi connectivity index (χ1v) is 6.14. The molecule has 0 atom stereocenters. The smallest absolute Gasteiger partial charge is 0.128 e. The molecule has 19 heavy (non-hydrogen) atoms. The van der Waals surface area contributed by atoms with Crippen LogP contribution in [0, 0.1) is 17.1 Å². The standard InChI is InChI=1S/C15H12ClFN2/c1-19(15-5-3-2-4-11(15)9-18)10-12-8-13(16)6-7-14(12)17/h2-8H,10H2,1H3. The summed E-state index contributed by atoms with van der Waals surface area (Å²) in [5, 5.41) is 9.56. The third-order valence-corrected chi connectivity index (χ3v) is 3.09. The minimum absolute atomic E-state index is 0.300. The Bertz CT molecular complexity index is 634. The maximum atomic E-state index is 13.7. The van der Waals surface area contributed by atoms with E-state index < -0.39 is 0 Å². The number of nitriles is 1. The van der Waals surface area contributed by atoms with E-state index in [9.17, 15) is 4.39 Å². The average molecular weight is 275 g/mol. The van der Waals surface area contributed by atoms with Crippen molar-refractivity contribution >= 4 is 17.3 Å². The van der Waals surface area contributed by atoms with Crippen molar-refractivity contribution in [3.63, 3.8) is 0 Å². The van der Waals surface area contributed by atoms with Crippen molar-refractivity contribution in [1.29, 1.82) is 5.26 Å². The van der Waals surface area contributed by atoms with Crippen LogP contribution in [0.5, 0.6) is 0 Å². The van der Waals surface area contributed by atoms with Crippen molar-refractivity contribution in [3.05, 3.63) is 64.4 Å². The molecule has 0 unspecified atom stereocenters. The van der Waals surface area contributed by atoms with Gasteiger partial charge in [0.25, 0.3) is 0 Å². The summed E-state index contributed by atoms with van der Waals surface area (Å²) in [6.07, 6.45) is 0. The Morgan fingerprint density at radius 2 is 2.00 bits per heavy atom. The van der Waals surface area contributed by atoms with Crippen LogP contribution >= 0.6 is 11.6 Å². The quantitative estimate of drug-likeness (QED) is 0.846. The Morgan fingerprint density at radius 3 is 2.74 bits per heavy atom. The van der Waals surface area contributed by atoms with E-state index in [-0.39, 0.29) is 5.82 Å². The van der Waals surface area contributed by atoms with Crippen molar-refractivity contribution in [2.45, 2.75) is 6.54 Å². The number of anilines is 1. The van der Waals surface area contributed by atoms with Crippen molar-refractivity contribution in [2.24, 2.45) is 0 Å². The normalized spacial score (nSPS) is 10.0. The van der Waals surface area contributed by atoms with Crippen LogP contribution in [-0.4, -0.2) is 7.05 Å². The van der Waals surface area contributed by atoms with Gasteiger partial charge in [-0.05, 0) is 30.3 Å². The van der Waals surface area contributed by atoms with E-state index >= 15 is 0 Å². The van der Waals surface area contributed by atoms with E-state index in [1.54, 1.807) is 18.2 Å². The zero-order valence-electron chi connectivity index (χ0n) is 10.4. The summed E-state index contributed by atoms with van der Waals surface area (Å²) in [6.45, 7) is 0.352. The molecular formula is C15H12ClFN2. The lowest BCUT2D eigenvalue weighted by Gasteiger charge is -2.20. The topological polar surface area (TPSA) is 27.0 Å². The first-order valence-electron chi connectivity index (χ1n) is 5.76. The highest BCUT2D eigenvalue weighted by Gasteiger charge is 2.10. The molecule has 0 aromatic heterocycles. The molecule has 0 heterocycles. The Morgan fingerprint density at radius 1 is 1.26 bits per heavy atom. The summed E-state index contributed by atoms with van der Waals surface area (Å²) in [4.78, 5) is 1.83. The fraction of sp³-hybridized carbons (Fsp3) is 0.133. The van der Waals surface area contributed by atoms with Crippen LogP contribution in [0.3, 0.4) is 0 Å². The van der Waals surface area contributed by atoms with Crippen molar-refractivity contribution in [1.82, 2.24) is 0 Å². The van der Waals surface area contributed by atoms with E-state index in [4.69, 9.17) is 16.9 Å². The van der Waals surface area contributed by atoms with Gasteiger partial charge in [-0.2, -0.15) is 5.26 Å². The predicted molar refractivity (Wildman–Crippen MR) is 74.7 cm³/mol. The Balaban J connectivity index is 2.28. The minimum atomic E-state index is -0.300. The first-order chi connectivity index (χ1) is 9.11. The van der Waals surface area contributed by atoms with Gasteiger partial charge in [-0.25, -0.2) is 4.39 Å². The summed E-state index contributed by atoms with van der Waals surface area (Å²) in [5.74, 6) is -0.300. The average Bonchev–Trinajstić information content (AvgIpc) is 2.42. The van der Waals surface area contributed by atoms with Crippen LogP contribution in [0.4, 0.5) is 10.1 Å². The lowest BCUT2D eigenvalue weighted by Crippen LogP contribution is -2.18. The fourth-order valence-corrected chi connectivity index (χ4v) is 2.10. The summed E-state index contributed by atoms with van der Waals surface area (Å²) in [5.41, 5.74) is 1.83. The fourth-order valence-electron chi connectivity index (χ4n) is 1.91. The van der Waals surface area contributed by atoms with E-state index in [1.165, 1.54) is 12.1 Å². The van der Waals surface area contributed by atoms with Gasteiger partial charge in [-0.3, -0.25) is 0 Å². The van der Waals surface area contributed by atoms with Gasteiger partial charge in [0.05, 0.1) is 11.3 Å². The van der Waals surface area contributed by atoms with Crippen LogP contribution < -0.4 is 4.90 Å². The molecule has 0 fully saturated rings. The number of benzene rings is 2. The third kappa shape index (κ3) is 3.04. The molecule has 0 bridgehead atoms. The van der Waals surface area contributed by atoms with Crippen molar-refractivity contribution in [2.75, 3.05) is 11.9 Å². The largest absolute Gasteiger partial charge is 0.369 e. The van der Waals surface area contributed by atoms with Crippen molar-refractivity contribution in [3.8, 4) is 6.07 Å². The molecule has 4 heteroatoms. The van der Waals surface area contributed by atoms with E-state index in [1.807, 2.05) is 24.1 Å². The molecular weight excluding hydrogens is 263 g/mol. The Hall–Kier alpha value is -2.05. The van der Waals surface area contributed by atoms with Gasteiger partial charge < -0.3 is 4.90 Å². The zero-order chi connectivity index (χ0) is 13.8. The number of halogens is 2. The molecule has 2 rings (SSSR count). The second kappa shape index (κ2) is 5.73. The molecule has 2 aromatic rings. The van der Waals surface area contributed by atoms with Gasteiger partial charge in [0, 0.05) is 24.2 Å². The number of hydrogen-bond donors (Lipinski definition) is 0. The van der Waals surface area contributed by atoms with E-state index in [0.29, 0.717) is 22.7 Å². The summed E-state index contributed by atoms with van der Waals surface area (Å²) in [7, 11) is 1.82. The molecule has 96 valence electrons. The monoisotopic (exact) mass is 274 g/mol. The summed E-state index contributed by atoms with van der Waals surface area (Å²) < 4.78 is 13.7. The van der Waals surface area contributed by atoms with Crippen LogP contribution in [0.1, 0.15) is 11.1 Å². The molecule has 0 saturated heterocycles. The second-order valence-electron chi connectivity index (χ2n) is 4.22. The lowest BCUT2D eigenvalue weighted by molar-refractivity contribution is 0.608. The number of rotatable bonds is 3. The van der Waals surface area contributed by atoms with Gasteiger partial charge in [-0.1, -0.05) is 23.7 Å². The molecule has 0 aliphatic rings. The van der Waals surface area contributed by atoms with Crippen molar-refractivity contribution < 1.29 is 4.39 Å². The molecule has 0 spiro atoms. The number of para-hydroxylation sites is 1. The molecule has 0 saturated carbocycles. The van der Waals surface area contributed by atoms with Gasteiger partial charge in [-0.15, -0.1) is 0 Å². The van der Waals surface area contributed by atoms with Gasteiger partial charge in [0.1, 0.15) is 11.9 Å². The maximum Gasteiger partial charge on any atom is 0.128 e. The highest BCUT2D eigenvalue weighted by Crippen LogP contribution is 2.22. The first kappa shape index (κ1) is 13.4. The summed E-state index contributed by atoms with van der Waals surface area (Å²) >= 11 is 5.87. The van der Waals surface area contributed by atoms with Crippen LogP contribution in [0.2, 0.25) is 5.02 Å². The molecule has 2 nitrogen and oxygen atoms in total. The number of nitrogens with zero attached hydrogens (tertiary/aromatic N) is 2. The van der Waals surface area contributed by atoms with Gasteiger partial charge >= 0.3 is 0 Å². The van der Waals surface area contributed by atoms with Crippen LogP contribution in [-0.2, 0) is 6.54 Å². The Labute approximate surface area is 116 Å². The SMILES string of the molecule is CN(Cc1cc(Cl)ccc1F)c1ccccc1C#N. The molecule has 0 aliphatic heterocycles. The van der Waals surface area contributed by atoms with Crippen LogP contribution in [0.25, 0.3) is 0 Å². The van der Waals surface area contributed by atoms with Crippen LogP contribution in [0.15, 0.2) is 42.5 Å². The van der Waals surface area contributed by atoms with Gasteiger partial charge in [0.15, 0.2) is 0 Å². The minimum Gasteiger partial charge on any atom is -0.369 e. The zero-order valence-corrected chi connectivity index (χ0v) is 11.2. The Kier molecular flexibility index (Phi) is 4.03. The molecule has 0 radical (unpaired) electrons. The molecule has 0 amide bonds. The highest BCUT2D eigenvalue weighted by atomic mass is 35.5. The second-order valence-corrected chi connectivity index (χ2v) is 4.66. The summed E-state index contributed by atoms with van der Waals surface area (Å²) in [6, 6.07) is 13.8. The molecule has 2 aromatic carbocycles. The molecule has 0 N–H and O–H groups in total. The predicted octanol–water partition coefficient (Wildman–Crippen LogP) is 3.99. The maximum absolute atomic E-state index is 13.7. The highest BCUT2D eigenvalue weighted by molar-refractivity contribution is 6.30. The lowest BCUT2D eigenvalue weighted by atomic mass is 10.1. The van der Waals surface area contributed by atoms with E-state index in [2.05, 4.69) is 6.07 Å². The number of hydrogen-bond acceptors (Lipinski definition) is 2. The van der Waals surface area contributed by atoms with Gasteiger partial charge in [0.2, 0.25) is 0 Å².